The molecule has 1 heterocycles. The highest BCUT2D eigenvalue weighted by atomic mass is 35.5. The van der Waals surface area contributed by atoms with Crippen LogP contribution in [0, 0.1) is 5.92 Å². The minimum Gasteiger partial charge on any atom is -0.350 e. The van der Waals surface area contributed by atoms with E-state index in [1.54, 1.807) is 6.07 Å². The van der Waals surface area contributed by atoms with Crippen LogP contribution in [0.3, 0.4) is 0 Å². The molecule has 1 aromatic carbocycles. The smallest absolute Gasteiger partial charge is 0.350 e. The Morgan fingerprint density at radius 3 is 2.38 bits per heavy atom. The molecule has 7 nitrogen and oxygen atoms in total. The molecule has 0 radical (unpaired) electrons. The van der Waals surface area contributed by atoms with E-state index in [1.165, 1.54) is 32.0 Å². The van der Waals surface area contributed by atoms with Gasteiger partial charge in [0, 0.05) is 17.8 Å². The van der Waals surface area contributed by atoms with Gasteiger partial charge in [0.2, 0.25) is 0 Å². The molecule has 0 aliphatic heterocycles. The zero-order chi connectivity index (χ0) is 25.5. The second kappa shape index (κ2) is 9.46. The number of rotatable bonds is 7. The number of hydrogen-bond donors (Lipinski definition) is 1. The van der Waals surface area contributed by atoms with Gasteiger partial charge in [0.15, 0.2) is 19.7 Å². The number of halogens is 4. The first-order valence-corrected chi connectivity index (χ1v) is 13.7. The number of sulfone groups is 2. The number of nitrogens with one attached hydrogen (secondary N) is 1. The third-order valence-corrected chi connectivity index (χ3v) is 10.2. The molecule has 0 atom stereocenters. The van der Waals surface area contributed by atoms with E-state index in [2.05, 4.69) is 10.3 Å². The van der Waals surface area contributed by atoms with Gasteiger partial charge in [0.25, 0.3) is 5.91 Å². The van der Waals surface area contributed by atoms with Gasteiger partial charge in [0.05, 0.1) is 25.9 Å². The fraction of sp³-hybridized carbons (Fsp3) is 0.429. The van der Waals surface area contributed by atoms with E-state index in [0.29, 0.717) is 17.3 Å². The van der Waals surface area contributed by atoms with Crippen LogP contribution in [-0.2, 0) is 25.9 Å². The zero-order valence-electron chi connectivity index (χ0n) is 18.1. The highest BCUT2D eigenvalue weighted by Crippen LogP contribution is 2.37. The van der Waals surface area contributed by atoms with Crippen molar-refractivity contribution < 1.29 is 34.8 Å². The van der Waals surface area contributed by atoms with Crippen molar-refractivity contribution in [3.05, 3.63) is 52.8 Å². The second-order valence-corrected chi connectivity index (χ2v) is 13.5. The Balaban J connectivity index is 1.71. The first kappa shape index (κ1) is 26.4. The van der Waals surface area contributed by atoms with Crippen molar-refractivity contribution in [1.29, 1.82) is 0 Å². The molecule has 1 aliphatic carbocycles. The average Bonchev–Trinajstić information content (AvgIpc) is 2.71. The van der Waals surface area contributed by atoms with Crippen LogP contribution in [0.25, 0.3) is 0 Å². The Morgan fingerprint density at radius 2 is 1.82 bits per heavy atom. The van der Waals surface area contributed by atoms with Crippen molar-refractivity contribution in [2.75, 3.05) is 6.54 Å². The number of carbonyl (C=O) groups excluding carboxylic acids is 1. The Hall–Kier alpha value is -2.18. The Morgan fingerprint density at radius 1 is 1.18 bits per heavy atom. The van der Waals surface area contributed by atoms with Crippen molar-refractivity contribution in [2.24, 2.45) is 5.92 Å². The third kappa shape index (κ3) is 5.38. The fourth-order valence-corrected chi connectivity index (χ4v) is 6.96. The van der Waals surface area contributed by atoms with Gasteiger partial charge in [-0.2, -0.15) is 13.2 Å². The van der Waals surface area contributed by atoms with Crippen molar-refractivity contribution in [1.82, 2.24) is 10.3 Å². The van der Waals surface area contributed by atoms with Gasteiger partial charge < -0.3 is 5.32 Å². The minimum atomic E-state index is -4.83. The van der Waals surface area contributed by atoms with Crippen molar-refractivity contribution in [2.45, 2.75) is 53.2 Å². The number of amides is 1. The Kier molecular flexibility index (Phi) is 7.35. The number of pyridine rings is 1. The summed E-state index contributed by atoms with van der Waals surface area (Å²) < 4.78 is 89.8. The highest BCUT2D eigenvalue weighted by molar-refractivity contribution is 7.92. The van der Waals surface area contributed by atoms with Gasteiger partial charge in [0.1, 0.15) is 5.69 Å². The zero-order valence-corrected chi connectivity index (χ0v) is 20.5. The van der Waals surface area contributed by atoms with Gasteiger partial charge in [-0.3, -0.25) is 4.79 Å². The highest BCUT2D eigenvalue weighted by Gasteiger charge is 2.40. The summed E-state index contributed by atoms with van der Waals surface area (Å²) >= 11 is 5.86. The first-order chi connectivity index (χ1) is 15.6. The molecule has 1 fully saturated rings. The lowest BCUT2D eigenvalue weighted by molar-refractivity contribution is -0.138. The van der Waals surface area contributed by atoms with Gasteiger partial charge >= 0.3 is 6.18 Å². The topological polar surface area (TPSA) is 110 Å². The second-order valence-electron chi connectivity index (χ2n) is 8.33. The summed E-state index contributed by atoms with van der Waals surface area (Å²) in [4.78, 5) is 15.4. The van der Waals surface area contributed by atoms with Gasteiger partial charge in [-0.25, -0.2) is 21.8 Å². The Bertz CT molecular complexity index is 1310. The van der Waals surface area contributed by atoms with Crippen LogP contribution in [0.2, 0.25) is 5.02 Å². The summed E-state index contributed by atoms with van der Waals surface area (Å²) in [7, 11) is -7.84. The molecule has 0 unspecified atom stereocenters. The number of aromatic nitrogens is 1. The molecule has 1 N–H and O–H groups in total. The molecule has 0 bridgehead atoms. The molecule has 3 rings (SSSR count). The number of hydrogen-bond acceptors (Lipinski definition) is 6. The predicted molar refractivity (Wildman–Crippen MR) is 119 cm³/mol. The van der Waals surface area contributed by atoms with Crippen LogP contribution in [-0.4, -0.2) is 44.8 Å². The lowest BCUT2D eigenvalue weighted by atomic mass is 9.85. The monoisotopic (exact) mass is 538 g/mol. The van der Waals surface area contributed by atoms with Crippen LogP contribution in [0.5, 0.6) is 0 Å². The van der Waals surface area contributed by atoms with Crippen molar-refractivity contribution >= 4 is 37.2 Å². The van der Waals surface area contributed by atoms with E-state index in [9.17, 15) is 34.8 Å². The lowest BCUT2D eigenvalue weighted by Crippen LogP contribution is -2.42. The normalized spacial score (nSPS) is 19.0. The van der Waals surface area contributed by atoms with E-state index in [4.69, 9.17) is 11.6 Å². The molecular weight excluding hydrogens is 517 g/mol. The summed E-state index contributed by atoms with van der Waals surface area (Å²) in [5, 5.41) is 1.03. The number of alkyl halides is 3. The molecule has 1 amide bonds. The quantitative estimate of drug-likeness (QED) is 0.572. The van der Waals surface area contributed by atoms with Gasteiger partial charge in [-0.15, -0.1) is 0 Å². The van der Waals surface area contributed by atoms with Crippen LogP contribution in [0.4, 0.5) is 13.2 Å². The summed E-state index contributed by atoms with van der Waals surface area (Å²) in [5.74, 6) is -1.16. The summed E-state index contributed by atoms with van der Waals surface area (Å²) in [6.45, 7) is 2.59. The molecule has 1 saturated carbocycles. The third-order valence-electron chi connectivity index (χ3n) is 5.63. The molecule has 34 heavy (non-hydrogen) atoms. The van der Waals surface area contributed by atoms with E-state index < -0.39 is 58.4 Å². The lowest BCUT2D eigenvalue weighted by Gasteiger charge is -2.34. The minimum absolute atomic E-state index is 0.0181. The molecule has 0 saturated heterocycles. The van der Waals surface area contributed by atoms with Crippen LogP contribution in [0.1, 0.15) is 42.7 Å². The SMILES string of the molecule is CC(C)S(=O)(=O)c1cc(C(F)(F)F)cnc1C(=O)NCC1CC(S(=O)(=O)c2cccc(Cl)c2)C1. The maximum Gasteiger partial charge on any atom is 0.417 e. The molecule has 0 spiro atoms. The maximum absolute atomic E-state index is 13.1. The average molecular weight is 539 g/mol. The van der Waals surface area contributed by atoms with Crippen LogP contribution < -0.4 is 5.32 Å². The van der Waals surface area contributed by atoms with E-state index >= 15 is 0 Å². The largest absolute Gasteiger partial charge is 0.417 e. The Labute approximate surface area is 200 Å². The fourth-order valence-electron chi connectivity index (χ4n) is 3.49. The van der Waals surface area contributed by atoms with Crippen molar-refractivity contribution in [3.8, 4) is 0 Å². The predicted octanol–water partition coefficient (Wildman–Crippen LogP) is 3.92. The van der Waals surface area contributed by atoms with E-state index in [1.807, 2.05) is 0 Å². The molecular formula is C21H22ClF3N2O5S2. The molecule has 1 aliphatic rings. The first-order valence-electron chi connectivity index (χ1n) is 10.2. The summed E-state index contributed by atoms with van der Waals surface area (Å²) in [6.07, 6.45) is -3.91. The summed E-state index contributed by atoms with van der Waals surface area (Å²) in [5.41, 5.74) is -1.92. The number of carbonyl (C=O) groups is 1. The van der Waals surface area contributed by atoms with Crippen molar-refractivity contribution in [3.63, 3.8) is 0 Å². The van der Waals surface area contributed by atoms with Gasteiger partial charge in [-0.1, -0.05) is 17.7 Å². The number of benzene rings is 1. The molecule has 1 aromatic heterocycles. The molecule has 186 valence electrons. The summed E-state index contributed by atoms with van der Waals surface area (Å²) in [6, 6.07) is 6.31. The molecule has 13 heteroatoms. The molecule has 2 aromatic rings. The van der Waals surface area contributed by atoms with Gasteiger partial charge in [-0.05, 0) is 56.9 Å². The standard InChI is InChI=1S/C21H22ClF3N2O5S2/c1-12(2)33(29,30)18-8-14(21(23,24)25)11-26-19(18)20(28)27-10-13-6-17(7-13)34(31,32)16-5-3-4-15(22)9-16/h3-5,8-9,11-13,17H,6-7,10H2,1-2H3,(H,27,28). The van der Waals surface area contributed by atoms with E-state index in [0.717, 1.165) is 0 Å². The maximum atomic E-state index is 13.1. The van der Waals surface area contributed by atoms with Crippen LogP contribution >= 0.6 is 11.6 Å². The van der Waals surface area contributed by atoms with Crippen LogP contribution in [0.15, 0.2) is 46.3 Å². The number of nitrogens with zero attached hydrogens (tertiary/aromatic N) is 1. The van der Waals surface area contributed by atoms with E-state index in [-0.39, 0.29) is 30.2 Å².